The molecule has 0 aliphatic rings. The predicted molar refractivity (Wildman–Crippen MR) is 85.6 cm³/mol. The molecule has 2 heterocycles. The topological polar surface area (TPSA) is 30.2 Å². The van der Waals surface area contributed by atoms with Crippen molar-refractivity contribution >= 4 is 44.9 Å². The molecule has 0 radical (unpaired) electrons. The van der Waals surface area contributed by atoms with Crippen molar-refractivity contribution in [1.29, 1.82) is 0 Å². The molecule has 0 N–H and O–H groups in total. The fourth-order valence-corrected chi connectivity index (χ4v) is 2.64. The third kappa shape index (κ3) is 2.22. The first-order chi connectivity index (χ1) is 9.47. The van der Waals surface area contributed by atoms with Gasteiger partial charge in [0.05, 0.1) is 25.9 Å². The van der Waals surface area contributed by atoms with Gasteiger partial charge in [0.25, 0.3) is 0 Å². The Bertz CT molecular complexity index is 827. The minimum Gasteiger partial charge on any atom is -0.287 e. The van der Waals surface area contributed by atoms with Crippen LogP contribution in [0.15, 0.2) is 28.9 Å². The van der Waals surface area contributed by atoms with Crippen LogP contribution in [0.3, 0.4) is 0 Å². The van der Waals surface area contributed by atoms with E-state index in [1.165, 1.54) is 0 Å². The van der Waals surface area contributed by atoms with E-state index in [0.717, 1.165) is 27.1 Å². The minimum atomic E-state index is 0.517. The van der Waals surface area contributed by atoms with Gasteiger partial charge in [-0.1, -0.05) is 29.3 Å². The van der Waals surface area contributed by atoms with Gasteiger partial charge in [-0.2, -0.15) is 0 Å². The number of benzene rings is 1. The maximum Gasteiger partial charge on any atom is 0.234 e. The summed E-state index contributed by atoms with van der Waals surface area (Å²) >= 11 is 15.5. The van der Waals surface area contributed by atoms with E-state index < -0.39 is 0 Å². The first-order valence-electron chi connectivity index (χ1n) is 5.94. The van der Waals surface area contributed by atoms with Crippen LogP contribution in [-0.4, -0.2) is 14.4 Å². The molecule has 3 rings (SSSR count). The summed E-state index contributed by atoms with van der Waals surface area (Å²) in [6.07, 6.45) is 1.95. The second-order valence-corrected chi connectivity index (χ2v) is 6.13. The second kappa shape index (κ2) is 5.02. The summed E-state index contributed by atoms with van der Waals surface area (Å²) in [4.78, 5) is 9.01. The average Bonchev–Trinajstić information content (AvgIpc) is 2.83. The van der Waals surface area contributed by atoms with Crippen LogP contribution in [0.25, 0.3) is 17.0 Å². The van der Waals surface area contributed by atoms with Crippen LogP contribution in [0.5, 0.6) is 0 Å². The molecule has 3 aromatic rings. The molecule has 0 aliphatic heterocycles. The highest BCUT2D eigenvalue weighted by Gasteiger charge is 2.12. The molecule has 0 bridgehead atoms. The Kier molecular flexibility index (Phi) is 3.48. The van der Waals surface area contributed by atoms with Crippen LogP contribution in [0.1, 0.15) is 11.4 Å². The molecule has 0 saturated carbocycles. The highest BCUT2D eigenvalue weighted by Crippen LogP contribution is 2.29. The third-order valence-corrected chi connectivity index (χ3v) is 5.05. The molecule has 0 amide bonds. The molecular formula is C14H10BrCl2N3. The Morgan fingerprint density at radius 1 is 1.10 bits per heavy atom. The van der Waals surface area contributed by atoms with Crippen molar-refractivity contribution in [1.82, 2.24) is 14.4 Å². The van der Waals surface area contributed by atoms with Crippen LogP contribution in [0.2, 0.25) is 10.0 Å². The van der Waals surface area contributed by atoms with Crippen molar-refractivity contribution in [3.63, 3.8) is 0 Å². The van der Waals surface area contributed by atoms with Gasteiger partial charge in [0.2, 0.25) is 5.78 Å². The van der Waals surface area contributed by atoms with Gasteiger partial charge in [-0.3, -0.25) is 4.40 Å². The zero-order valence-corrected chi connectivity index (χ0v) is 13.9. The lowest BCUT2D eigenvalue weighted by molar-refractivity contribution is 0.996. The normalized spacial score (nSPS) is 11.2. The largest absolute Gasteiger partial charge is 0.287 e. The number of aromatic nitrogens is 3. The minimum absolute atomic E-state index is 0.517. The number of imidazole rings is 1. The number of halogens is 3. The molecule has 0 fully saturated rings. The van der Waals surface area contributed by atoms with Gasteiger partial charge in [-0.15, -0.1) is 0 Å². The van der Waals surface area contributed by atoms with Gasteiger partial charge in [0.1, 0.15) is 0 Å². The lowest BCUT2D eigenvalue weighted by Gasteiger charge is -2.04. The van der Waals surface area contributed by atoms with E-state index in [1.54, 1.807) is 6.07 Å². The highest BCUT2D eigenvalue weighted by atomic mass is 79.9. The van der Waals surface area contributed by atoms with Gasteiger partial charge in [0, 0.05) is 17.5 Å². The standard InChI is InChI=1S/C14H10BrCl2N3/c1-7-13(15)8(2)20-6-12(19-14(20)18-7)9-3-4-10(16)11(17)5-9/h3-6H,1-2H3. The molecule has 0 spiro atoms. The molecule has 102 valence electrons. The Morgan fingerprint density at radius 2 is 1.85 bits per heavy atom. The van der Waals surface area contributed by atoms with E-state index in [0.29, 0.717) is 15.8 Å². The summed E-state index contributed by atoms with van der Waals surface area (Å²) in [6, 6.07) is 5.47. The molecule has 0 unspecified atom stereocenters. The Balaban J connectivity index is 2.23. The van der Waals surface area contributed by atoms with Crippen molar-refractivity contribution in [3.05, 3.63) is 50.3 Å². The lowest BCUT2D eigenvalue weighted by Crippen LogP contribution is -1.97. The van der Waals surface area contributed by atoms with Gasteiger partial charge >= 0.3 is 0 Å². The summed E-state index contributed by atoms with van der Waals surface area (Å²) < 4.78 is 2.94. The van der Waals surface area contributed by atoms with E-state index in [1.807, 2.05) is 36.6 Å². The highest BCUT2D eigenvalue weighted by molar-refractivity contribution is 9.10. The van der Waals surface area contributed by atoms with E-state index in [9.17, 15) is 0 Å². The van der Waals surface area contributed by atoms with Crippen molar-refractivity contribution in [2.45, 2.75) is 13.8 Å². The summed E-state index contributed by atoms with van der Waals surface area (Å²) in [6.45, 7) is 3.97. The Morgan fingerprint density at radius 3 is 2.55 bits per heavy atom. The summed E-state index contributed by atoms with van der Waals surface area (Å²) in [5, 5.41) is 1.05. The van der Waals surface area contributed by atoms with Crippen LogP contribution >= 0.6 is 39.1 Å². The van der Waals surface area contributed by atoms with Crippen molar-refractivity contribution < 1.29 is 0 Å². The third-order valence-electron chi connectivity index (χ3n) is 3.17. The second-order valence-electron chi connectivity index (χ2n) is 4.52. The van der Waals surface area contributed by atoms with Crippen molar-refractivity contribution in [3.8, 4) is 11.3 Å². The monoisotopic (exact) mass is 369 g/mol. The van der Waals surface area contributed by atoms with Crippen LogP contribution in [-0.2, 0) is 0 Å². The number of fused-ring (bicyclic) bond motifs is 1. The van der Waals surface area contributed by atoms with E-state index in [2.05, 4.69) is 25.9 Å². The maximum absolute atomic E-state index is 6.05. The van der Waals surface area contributed by atoms with Gasteiger partial charge in [-0.05, 0) is 41.9 Å². The molecule has 3 nitrogen and oxygen atoms in total. The first-order valence-corrected chi connectivity index (χ1v) is 7.49. The number of rotatable bonds is 1. The summed E-state index contributed by atoms with van der Waals surface area (Å²) in [5.74, 6) is 0.671. The fourth-order valence-electron chi connectivity index (χ4n) is 2.06. The molecule has 0 aliphatic carbocycles. The summed E-state index contributed by atoms with van der Waals surface area (Å²) in [7, 11) is 0. The number of hydrogen-bond acceptors (Lipinski definition) is 2. The predicted octanol–water partition coefficient (Wildman–Crippen LogP) is 5.08. The van der Waals surface area contributed by atoms with E-state index in [-0.39, 0.29) is 0 Å². The molecule has 6 heteroatoms. The Labute approximate surface area is 134 Å². The number of nitrogens with zero attached hydrogens (tertiary/aromatic N) is 3. The fraction of sp³-hybridized carbons (Fsp3) is 0.143. The molecular weight excluding hydrogens is 361 g/mol. The average molecular weight is 371 g/mol. The van der Waals surface area contributed by atoms with Gasteiger partial charge in [0.15, 0.2) is 0 Å². The maximum atomic E-state index is 6.05. The first kappa shape index (κ1) is 13.9. The van der Waals surface area contributed by atoms with Crippen LogP contribution in [0, 0.1) is 13.8 Å². The van der Waals surface area contributed by atoms with Gasteiger partial charge in [-0.25, -0.2) is 9.97 Å². The van der Waals surface area contributed by atoms with Crippen molar-refractivity contribution in [2.24, 2.45) is 0 Å². The molecule has 20 heavy (non-hydrogen) atoms. The van der Waals surface area contributed by atoms with Crippen molar-refractivity contribution in [2.75, 3.05) is 0 Å². The zero-order chi connectivity index (χ0) is 14.4. The van der Waals surface area contributed by atoms with Crippen LogP contribution < -0.4 is 0 Å². The smallest absolute Gasteiger partial charge is 0.234 e. The quantitative estimate of drug-likeness (QED) is 0.597. The Hall–Kier alpha value is -1.10. The molecule has 2 aromatic heterocycles. The number of hydrogen-bond donors (Lipinski definition) is 0. The molecule has 1 aromatic carbocycles. The SMILES string of the molecule is Cc1nc2nc(-c3ccc(Cl)c(Cl)c3)cn2c(C)c1Br. The molecule has 0 atom stereocenters. The van der Waals surface area contributed by atoms with Gasteiger partial charge < -0.3 is 0 Å². The molecule has 0 saturated heterocycles. The van der Waals surface area contributed by atoms with E-state index in [4.69, 9.17) is 23.2 Å². The summed E-state index contributed by atoms with van der Waals surface area (Å²) in [5.41, 5.74) is 3.71. The lowest BCUT2D eigenvalue weighted by atomic mass is 10.2. The van der Waals surface area contributed by atoms with Crippen LogP contribution in [0.4, 0.5) is 0 Å². The zero-order valence-electron chi connectivity index (χ0n) is 10.8. The van der Waals surface area contributed by atoms with E-state index >= 15 is 0 Å². The number of aryl methyl sites for hydroxylation is 2.